The number of guanidine groups is 1. The number of hydrogen-bond acceptors (Lipinski definition) is 2. The number of halogens is 1. The van der Waals surface area contributed by atoms with Gasteiger partial charge in [0.2, 0.25) is 0 Å². The topological polar surface area (TPSA) is 68.8 Å². The predicted molar refractivity (Wildman–Crippen MR) is 122 cm³/mol. The fraction of sp³-hybridized carbons (Fsp3) is 0.579. The minimum atomic E-state index is -0.187. The van der Waals surface area contributed by atoms with Crippen molar-refractivity contribution in [1.82, 2.24) is 15.5 Å². The molecule has 7 heteroatoms. The number of nitrogens with one attached hydrogen (secondary N) is 3. The van der Waals surface area contributed by atoms with Gasteiger partial charge in [-0.1, -0.05) is 25.5 Å². The summed E-state index contributed by atoms with van der Waals surface area (Å²) in [4.78, 5) is 18.6. The Balaban J connectivity index is 0.00000625. The lowest BCUT2D eigenvalue weighted by Crippen LogP contribution is -2.39. The number of rotatable bonds is 8. The molecule has 6 nitrogen and oxygen atoms in total. The van der Waals surface area contributed by atoms with E-state index in [0.717, 1.165) is 36.7 Å². The zero-order valence-electron chi connectivity index (χ0n) is 16.6. The molecule has 148 valence electrons. The number of benzene rings is 1. The first-order chi connectivity index (χ1) is 12.0. The molecule has 0 fully saturated rings. The first kappa shape index (κ1) is 24.5. The first-order valence-electron chi connectivity index (χ1n) is 9.12. The molecule has 0 atom stereocenters. The molecule has 26 heavy (non-hydrogen) atoms. The Morgan fingerprint density at radius 1 is 1.19 bits per heavy atom. The average Bonchev–Trinajstić information content (AvgIpc) is 2.57. The van der Waals surface area contributed by atoms with E-state index < -0.39 is 0 Å². The number of carbonyl (C=O) groups is 1. The van der Waals surface area contributed by atoms with Crippen LogP contribution in [0, 0.1) is 0 Å². The normalized spacial score (nSPS) is 10.9. The fourth-order valence-electron chi connectivity index (χ4n) is 2.26. The zero-order valence-corrected chi connectivity index (χ0v) is 19.0. The van der Waals surface area contributed by atoms with Crippen molar-refractivity contribution >= 4 is 41.7 Å². The largest absolute Gasteiger partial charge is 0.357 e. The molecule has 0 spiro atoms. The smallest absolute Gasteiger partial charge is 0.319 e. The van der Waals surface area contributed by atoms with Crippen LogP contribution in [0.25, 0.3) is 0 Å². The van der Waals surface area contributed by atoms with Crippen molar-refractivity contribution in [3.05, 3.63) is 29.8 Å². The van der Waals surface area contributed by atoms with Crippen LogP contribution in [0.15, 0.2) is 29.3 Å². The molecule has 0 radical (unpaired) electrons. The fourth-order valence-corrected chi connectivity index (χ4v) is 2.26. The van der Waals surface area contributed by atoms with Crippen LogP contribution in [0.4, 0.5) is 10.5 Å². The predicted octanol–water partition coefficient (Wildman–Crippen LogP) is 4.03. The molecule has 3 N–H and O–H groups in total. The minimum Gasteiger partial charge on any atom is -0.357 e. The summed E-state index contributed by atoms with van der Waals surface area (Å²) in [5.74, 6) is 0.925. The molecule has 1 rings (SSSR count). The molecule has 0 bridgehead atoms. The number of hydrogen-bond donors (Lipinski definition) is 3. The van der Waals surface area contributed by atoms with Crippen LogP contribution in [0.2, 0.25) is 0 Å². The Morgan fingerprint density at radius 3 is 2.38 bits per heavy atom. The summed E-state index contributed by atoms with van der Waals surface area (Å²) < 4.78 is 0. The van der Waals surface area contributed by atoms with Gasteiger partial charge in [0.25, 0.3) is 0 Å². The van der Waals surface area contributed by atoms with Crippen LogP contribution < -0.4 is 16.0 Å². The van der Waals surface area contributed by atoms with Gasteiger partial charge in [0.15, 0.2) is 5.96 Å². The van der Waals surface area contributed by atoms with E-state index in [1.807, 2.05) is 38.1 Å². The molecule has 0 heterocycles. The molecule has 0 saturated heterocycles. The number of amides is 2. The van der Waals surface area contributed by atoms with Gasteiger partial charge in [0.05, 0.1) is 6.54 Å². The van der Waals surface area contributed by atoms with Crippen molar-refractivity contribution in [3.63, 3.8) is 0 Å². The summed E-state index contributed by atoms with van der Waals surface area (Å²) in [5.41, 5.74) is 1.88. The molecule has 0 saturated carbocycles. The van der Waals surface area contributed by atoms with Gasteiger partial charge in [-0.25, -0.2) is 9.79 Å². The van der Waals surface area contributed by atoms with Crippen molar-refractivity contribution in [2.45, 2.75) is 53.1 Å². The van der Waals surface area contributed by atoms with Crippen molar-refractivity contribution in [1.29, 1.82) is 0 Å². The molecular formula is C19H34IN5O. The average molecular weight is 475 g/mol. The third kappa shape index (κ3) is 9.84. The molecule has 2 amide bonds. The third-order valence-corrected chi connectivity index (χ3v) is 3.59. The maximum atomic E-state index is 11.7. The molecule has 1 aromatic rings. The van der Waals surface area contributed by atoms with Gasteiger partial charge in [0, 0.05) is 31.9 Å². The Bertz CT molecular complexity index is 545. The SMILES string of the molecule is CCCCN(C)C(=NCc1ccc(NC(=O)NC(C)C)cc1)NCC.I. The number of aliphatic imine (C=N–C) groups is 1. The van der Waals surface area contributed by atoms with Crippen LogP contribution in [0.3, 0.4) is 0 Å². The summed E-state index contributed by atoms with van der Waals surface area (Å²) in [6, 6.07) is 7.71. The van der Waals surface area contributed by atoms with E-state index in [1.165, 1.54) is 6.42 Å². The zero-order chi connectivity index (χ0) is 18.7. The molecule has 0 unspecified atom stereocenters. The second kappa shape index (κ2) is 13.7. The maximum Gasteiger partial charge on any atom is 0.319 e. The number of unbranched alkanes of at least 4 members (excludes halogenated alkanes) is 1. The Hall–Kier alpha value is -1.51. The van der Waals surface area contributed by atoms with Crippen LogP contribution in [0.1, 0.15) is 46.1 Å². The van der Waals surface area contributed by atoms with Gasteiger partial charge in [-0.2, -0.15) is 0 Å². The lowest BCUT2D eigenvalue weighted by molar-refractivity contribution is 0.250. The standard InChI is InChI=1S/C19H33N5O.HI/c1-6-8-13-24(5)18(20-7-2)21-14-16-9-11-17(12-10-16)23-19(25)22-15(3)4;/h9-12,15H,6-8,13-14H2,1-5H3,(H,20,21)(H2,22,23,25);1H. The van der Waals surface area contributed by atoms with Gasteiger partial charge in [-0.3, -0.25) is 0 Å². The summed E-state index contributed by atoms with van der Waals surface area (Å²) in [7, 11) is 2.07. The van der Waals surface area contributed by atoms with Gasteiger partial charge in [0.1, 0.15) is 0 Å². The minimum absolute atomic E-state index is 0. The first-order valence-corrected chi connectivity index (χ1v) is 9.12. The van der Waals surface area contributed by atoms with Crippen LogP contribution >= 0.6 is 24.0 Å². The molecule has 0 aliphatic carbocycles. The van der Waals surface area contributed by atoms with Crippen LogP contribution in [-0.4, -0.2) is 43.1 Å². The summed E-state index contributed by atoms with van der Waals surface area (Å²) >= 11 is 0. The summed E-state index contributed by atoms with van der Waals surface area (Å²) in [5, 5.41) is 8.95. The van der Waals surface area contributed by atoms with Crippen molar-refractivity contribution in [2.75, 3.05) is 25.5 Å². The van der Waals surface area contributed by atoms with Crippen molar-refractivity contribution in [2.24, 2.45) is 4.99 Å². The second-order valence-electron chi connectivity index (χ2n) is 6.40. The quantitative estimate of drug-likeness (QED) is 0.302. The maximum absolute atomic E-state index is 11.7. The Labute approximate surface area is 175 Å². The third-order valence-electron chi connectivity index (χ3n) is 3.59. The monoisotopic (exact) mass is 475 g/mol. The number of anilines is 1. The van der Waals surface area contributed by atoms with Gasteiger partial charge in [-0.05, 0) is 44.9 Å². The van der Waals surface area contributed by atoms with Gasteiger partial charge in [-0.15, -0.1) is 24.0 Å². The van der Waals surface area contributed by atoms with E-state index in [4.69, 9.17) is 4.99 Å². The van der Waals surface area contributed by atoms with Gasteiger partial charge < -0.3 is 20.9 Å². The summed E-state index contributed by atoms with van der Waals surface area (Å²) in [6.45, 7) is 10.6. The highest BCUT2D eigenvalue weighted by Gasteiger charge is 2.05. The lowest BCUT2D eigenvalue weighted by Gasteiger charge is -2.21. The Kier molecular flexibility index (Phi) is 12.9. The highest BCUT2D eigenvalue weighted by molar-refractivity contribution is 14.0. The van der Waals surface area contributed by atoms with Gasteiger partial charge >= 0.3 is 6.03 Å². The molecular weight excluding hydrogens is 441 g/mol. The van der Waals surface area contributed by atoms with E-state index in [-0.39, 0.29) is 36.0 Å². The van der Waals surface area contributed by atoms with E-state index in [2.05, 4.69) is 41.7 Å². The van der Waals surface area contributed by atoms with Crippen molar-refractivity contribution in [3.8, 4) is 0 Å². The van der Waals surface area contributed by atoms with Crippen molar-refractivity contribution < 1.29 is 4.79 Å². The van der Waals surface area contributed by atoms with E-state index in [1.54, 1.807) is 0 Å². The number of nitrogens with zero attached hydrogens (tertiary/aromatic N) is 2. The molecule has 0 aromatic heterocycles. The summed E-state index contributed by atoms with van der Waals surface area (Å²) in [6.07, 6.45) is 2.32. The van der Waals surface area contributed by atoms with E-state index in [0.29, 0.717) is 6.54 Å². The highest BCUT2D eigenvalue weighted by atomic mass is 127. The van der Waals surface area contributed by atoms with Crippen LogP contribution in [0.5, 0.6) is 0 Å². The molecule has 0 aliphatic rings. The van der Waals surface area contributed by atoms with E-state index in [9.17, 15) is 4.79 Å². The molecule has 0 aliphatic heterocycles. The second-order valence-corrected chi connectivity index (χ2v) is 6.40. The lowest BCUT2D eigenvalue weighted by atomic mass is 10.2. The van der Waals surface area contributed by atoms with E-state index >= 15 is 0 Å². The number of urea groups is 1. The van der Waals surface area contributed by atoms with Crippen LogP contribution in [-0.2, 0) is 6.54 Å². The highest BCUT2D eigenvalue weighted by Crippen LogP contribution is 2.10. The molecule has 1 aromatic carbocycles. The Morgan fingerprint density at radius 2 is 1.85 bits per heavy atom. The number of carbonyl (C=O) groups excluding carboxylic acids is 1.